The molecule has 0 aliphatic rings. The van der Waals surface area contributed by atoms with Gasteiger partial charge in [0.05, 0.1) is 0 Å². The van der Waals surface area contributed by atoms with Gasteiger partial charge < -0.3 is 5.32 Å². The molecule has 0 unspecified atom stereocenters. The van der Waals surface area contributed by atoms with Gasteiger partial charge in [0.1, 0.15) is 0 Å². The highest BCUT2D eigenvalue weighted by Gasteiger charge is 2.00. The molecule has 0 aliphatic heterocycles. The molecule has 1 aromatic heterocycles. The first-order valence-electron chi connectivity index (χ1n) is 7.07. The Bertz CT molecular complexity index is 503. The Morgan fingerprint density at radius 1 is 0.947 bits per heavy atom. The van der Waals surface area contributed by atoms with E-state index in [-0.39, 0.29) is 0 Å². The minimum atomic E-state index is 0.891. The highest BCUT2D eigenvalue weighted by Crippen LogP contribution is 2.20. The third-order valence-electron chi connectivity index (χ3n) is 3.25. The number of nitrogens with one attached hydrogen (secondary N) is 1. The maximum Gasteiger partial charge on any atom is 0.0346 e. The Hall–Kier alpha value is -1.67. The lowest BCUT2D eigenvalue weighted by atomic mass is 10.0. The van der Waals surface area contributed by atoms with E-state index in [2.05, 4.69) is 54.5 Å². The second-order valence-electron chi connectivity index (χ2n) is 4.81. The van der Waals surface area contributed by atoms with Crippen LogP contribution in [0.5, 0.6) is 0 Å². The van der Waals surface area contributed by atoms with Gasteiger partial charge in [-0.15, -0.1) is 0 Å². The van der Waals surface area contributed by atoms with Crippen molar-refractivity contribution >= 4 is 0 Å². The first-order valence-corrected chi connectivity index (χ1v) is 7.07. The molecule has 1 N–H and O–H groups in total. The summed E-state index contributed by atoms with van der Waals surface area (Å²) in [5, 5.41) is 3.41. The van der Waals surface area contributed by atoms with E-state index in [1.807, 2.05) is 12.4 Å². The fraction of sp³-hybridized carbons (Fsp3) is 0.353. The molecule has 2 rings (SSSR count). The highest BCUT2D eigenvalue weighted by atomic mass is 14.8. The summed E-state index contributed by atoms with van der Waals surface area (Å²) in [5.74, 6) is 0. The average molecular weight is 254 g/mol. The van der Waals surface area contributed by atoms with Gasteiger partial charge in [0, 0.05) is 24.5 Å². The molecule has 19 heavy (non-hydrogen) atoms. The van der Waals surface area contributed by atoms with E-state index in [1.54, 1.807) is 0 Å². The lowest BCUT2D eigenvalue weighted by Crippen LogP contribution is -2.13. The number of pyridine rings is 1. The fourth-order valence-corrected chi connectivity index (χ4v) is 2.08. The molecule has 0 fully saturated rings. The predicted octanol–water partition coefficient (Wildman–Crippen LogP) is 3.81. The number of hydrogen-bond donors (Lipinski definition) is 1. The molecule has 2 aromatic rings. The van der Waals surface area contributed by atoms with Gasteiger partial charge in [0.25, 0.3) is 0 Å². The topological polar surface area (TPSA) is 24.9 Å². The minimum absolute atomic E-state index is 0.891. The maximum absolute atomic E-state index is 4.34. The van der Waals surface area contributed by atoms with Gasteiger partial charge in [0.15, 0.2) is 0 Å². The molecular formula is C17H22N2. The molecule has 0 amide bonds. The van der Waals surface area contributed by atoms with Gasteiger partial charge in [-0.2, -0.15) is 0 Å². The van der Waals surface area contributed by atoms with E-state index in [1.165, 1.54) is 22.3 Å². The summed E-state index contributed by atoms with van der Waals surface area (Å²) in [4.78, 5) is 4.34. The van der Waals surface area contributed by atoms with Gasteiger partial charge in [-0.25, -0.2) is 0 Å². The molecule has 0 radical (unpaired) electrons. The molecule has 1 heterocycles. The van der Waals surface area contributed by atoms with Crippen molar-refractivity contribution in [3.05, 3.63) is 53.9 Å². The Balaban J connectivity index is 2.12. The van der Waals surface area contributed by atoms with Crippen molar-refractivity contribution in [3.8, 4) is 11.1 Å². The summed E-state index contributed by atoms with van der Waals surface area (Å²) >= 11 is 0. The summed E-state index contributed by atoms with van der Waals surface area (Å²) in [5.41, 5.74) is 5.04. The molecular weight excluding hydrogens is 232 g/mol. The number of rotatable bonds is 6. The van der Waals surface area contributed by atoms with Crippen molar-refractivity contribution in [3.63, 3.8) is 0 Å². The molecule has 0 saturated carbocycles. The molecule has 2 nitrogen and oxygen atoms in total. The lowest BCUT2D eigenvalue weighted by molar-refractivity contribution is 0.674. The zero-order valence-corrected chi connectivity index (χ0v) is 11.8. The number of hydrogen-bond acceptors (Lipinski definition) is 2. The Labute approximate surface area is 115 Å². The molecule has 2 heteroatoms. The number of benzene rings is 1. The van der Waals surface area contributed by atoms with Gasteiger partial charge in [0.2, 0.25) is 0 Å². The lowest BCUT2D eigenvalue weighted by Gasteiger charge is -2.07. The van der Waals surface area contributed by atoms with Gasteiger partial charge in [-0.1, -0.05) is 38.1 Å². The van der Waals surface area contributed by atoms with E-state index in [0.29, 0.717) is 0 Å². The smallest absolute Gasteiger partial charge is 0.0346 e. The summed E-state index contributed by atoms with van der Waals surface area (Å²) in [6.45, 7) is 6.30. The van der Waals surface area contributed by atoms with Crippen molar-refractivity contribution in [2.45, 2.75) is 33.2 Å². The molecule has 0 saturated heterocycles. The van der Waals surface area contributed by atoms with Crippen LogP contribution in [0.1, 0.15) is 31.4 Å². The van der Waals surface area contributed by atoms with E-state index in [0.717, 1.165) is 25.9 Å². The third kappa shape index (κ3) is 3.90. The number of aromatic nitrogens is 1. The maximum atomic E-state index is 4.34. The first-order chi connectivity index (χ1) is 9.33. The van der Waals surface area contributed by atoms with Crippen LogP contribution >= 0.6 is 0 Å². The standard InChI is InChI=1S/C17H22N2/c1-3-9-18-11-15-10-17(13-19-12-15)16-7-5-14(4-2)6-8-16/h5-8,10,12-13,18H,3-4,9,11H2,1-2H3. The molecule has 0 atom stereocenters. The van der Waals surface area contributed by atoms with Crippen LogP contribution in [-0.2, 0) is 13.0 Å². The van der Waals surface area contributed by atoms with Crippen LogP contribution in [0.3, 0.4) is 0 Å². The second kappa shape index (κ2) is 7.05. The highest BCUT2D eigenvalue weighted by molar-refractivity contribution is 5.63. The van der Waals surface area contributed by atoms with Crippen LogP contribution in [-0.4, -0.2) is 11.5 Å². The van der Waals surface area contributed by atoms with Crippen LogP contribution in [0, 0.1) is 0 Å². The van der Waals surface area contributed by atoms with Gasteiger partial charge >= 0.3 is 0 Å². The van der Waals surface area contributed by atoms with E-state index < -0.39 is 0 Å². The Morgan fingerprint density at radius 3 is 2.42 bits per heavy atom. The molecule has 0 spiro atoms. The van der Waals surface area contributed by atoms with E-state index >= 15 is 0 Å². The molecule has 0 bridgehead atoms. The number of nitrogens with zero attached hydrogens (tertiary/aromatic N) is 1. The summed E-state index contributed by atoms with van der Waals surface area (Å²) in [7, 11) is 0. The van der Waals surface area contributed by atoms with Crippen molar-refractivity contribution < 1.29 is 0 Å². The third-order valence-corrected chi connectivity index (χ3v) is 3.25. The minimum Gasteiger partial charge on any atom is -0.313 e. The summed E-state index contributed by atoms with van der Waals surface area (Å²) in [6.07, 6.45) is 6.11. The first kappa shape index (κ1) is 13.8. The average Bonchev–Trinajstić information content (AvgIpc) is 2.48. The van der Waals surface area contributed by atoms with Crippen molar-refractivity contribution in [2.75, 3.05) is 6.54 Å². The van der Waals surface area contributed by atoms with Crippen LogP contribution in [0.4, 0.5) is 0 Å². The second-order valence-corrected chi connectivity index (χ2v) is 4.81. The van der Waals surface area contributed by atoms with E-state index in [4.69, 9.17) is 0 Å². The zero-order valence-electron chi connectivity index (χ0n) is 11.8. The van der Waals surface area contributed by atoms with Crippen LogP contribution in [0.2, 0.25) is 0 Å². The van der Waals surface area contributed by atoms with Crippen LogP contribution < -0.4 is 5.32 Å². The summed E-state index contributed by atoms with van der Waals surface area (Å²) in [6, 6.07) is 11.0. The quantitative estimate of drug-likeness (QED) is 0.793. The normalized spacial score (nSPS) is 10.6. The van der Waals surface area contributed by atoms with Crippen LogP contribution in [0.25, 0.3) is 11.1 Å². The van der Waals surface area contributed by atoms with Gasteiger partial charge in [-0.05, 0) is 42.1 Å². The largest absolute Gasteiger partial charge is 0.313 e. The van der Waals surface area contributed by atoms with Gasteiger partial charge in [-0.3, -0.25) is 4.98 Å². The zero-order chi connectivity index (χ0) is 13.5. The number of aryl methyl sites for hydroxylation is 1. The molecule has 1 aromatic carbocycles. The van der Waals surface area contributed by atoms with Crippen molar-refractivity contribution in [1.82, 2.24) is 10.3 Å². The summed E-state index contributed by atoms with van der Waals surface area (Å²) < 4.78 is 0. The monoisotopic (exact) mass is 254 g/mol. The Morgan fingerprint density at radius 2 is 1.74 bits per heavy atom. The molecule has 100 valence electrons. The predicted molar refractivity (Wildman–Crippen MR) is 81.0 cm³/mol. The van der Waals surface area contributed by atoms with Crippen molar-refractivity contribution in [2.24, 2.45) is 0 Å². The fourth-order valence-electron chi connectivity index (χ4n) is 2.08. The molecule has 0 aliphatic carbocycles. The van der Waals surface area contributed by atoms with E-state index in [9.17, 15) is 0 Å². The SMILES string of the molecule is CCCNCc1cncc(-c2ccc(CC)cc2)c1. The van der Waals surface area contributed by atoms with Crippen molar-refractivity contribution in [1.29, 1.82) is 0 Å². The Kier molecular flexibility index (Phi) is 5.10. The van der Waals surface area contributed by atoms with Crippen LogP contribution in [0.15, 0.2) is 42.7 Å².